The van der Waals surface area contributed by atoms with Crippen LogP contribution in [0.2, 0.25) is 0 Å². The van der Waals surface area contributed by atoms with Crippen LogP contribution in [0.15, 0.2) is 60.9 Å². The van der Waals surface area contributed by atoms with Crippen LogP contribution < -0.4 is 5.32 Å². The van der Waals surface area contributed by atoms with Crippen LogP contribution in [-0.2, 0) is 17.8 Å². The number of aliphatic hydroxyl groups is 1. The molecule has 0 aliphatic heterocycles. The molecular formula is C18H16N2O2. The van der Waals surface area contributed by atoms with Crippen molar-refractivity contribution in [2.75, 3.05) is 5.32 Å². The van der Waals surface area contributed by atoms with Crippen molar-refractivity contribution in [1.29, 1.82) is 0 Å². The number of benzene rings is 2. The molecule has 0 spiro atoms. The summed E-state index contributed by atoms with van der Waals surface area (Å²) >= 11 is 0. The third-order valence-corrected chi connectivity index (χ3v) is 3.59. The molecule has 0 radical (unpaired) electrons. The Morgan fingerprint density at radius 1 is 1.05 bits per heavy atom. The summed E-state index contributed by atoms with van der Waals surface area (Å²) in [5.74, 6) is -0.126. The van der Waals surface area contributed by atoms with Gasteiger partial charge in [-0.25, -0.2) is 0 Å². The van der Waals surface area contributed by atoms with E-state index in [1.54, 1.807) is 18.5 Å². The highest BCUT2D eigenvalue weighted by atomic mass is 16.3. The molecule has 4 heteroatoms. The summed E-state index contributed by atoms with van der Waals surface area (Å²) < 4.78 is 0. The molecule has 0 unspecified atom stereocenters. The van der Waals surface area contributed by atoms with Crippen molar-refractivity contribution in [3.8, 4) is 0 Å². The second-order valence-corrected chi connectivity index (χ2v) is 5.05. The van der Waals surface area contributed by atoms with Gasteiger partial charge in [-0.3, -0.25) is 9.78 Å². The number of rotatable bonds is 4. The van der Waals surface area contributed by atoms with Crippen molar-refractivity contribution >= 4 is 22.4 Å². The first kappa shape index (κ1) is 14.2. The van der Waals surface area contributed by atoms with Crippen LogP contribution in [-0.4, -0.2) is 16.0 Å². The van der Waals surface area contributed by atoms with E-state index < -0.39 is 0 Å². The second-order valence-electron chi connectivity index (χ2n) is 5.05. The molecule has 0 bridgehead atoms. The molecule has 22 heavy (non-hydrogen) atoms. The number of aromatic nitrogens is 1. The molecule has 110 valence electrons. The van der Waals surface area contributed by atoms with Crippen LogP contribution in [0.25, 0.3) is 10.8 Å². The van der Waals surface area contributed by atoms with Crippen molar-refractivity contribution in [1.82, 2.24) is 4.98 Å². The molecule has 0 fully saturated rings. The van der Waals surface area contributed by atoms with Crippen molar-refractivity contribution in [2.24, 2.45) is 0 Å². The molecule has 1 amide bonds. The Kier molecular flexibility index (Phi) is 4.12. The molecule has 2 N–H and O–H groups in total. The number of aliphatic hydroxyl groups excluding tert-OH is 1. The van der Waals surface area contributed by atoms with Gasteiger partial charge in [-0.1, -0.05) is 42.5 Å². The Hall–Kier alpha value is -2.72. The number of fused-ring (bicyclic) bond motifs is 1. The standard InChI is InChI=1S/C18H16N2O2/c21-12-15-8-9-19-11-17(15)20-18(22)10-14-6-3-5-13-4-1-2-7-16(13)14/h1-9,11,21H,10,12H2,(H,20,22). The molecule has 3 rings (SSSR count). The Balaban J connectivity index is 1.82. The minimum atomic E-state index is -0.133. The highest BCUT2D eigenvalue weighted by Crippen LogP contribution is 2.20. The fourth-order valence-corrected chi connectivity index (χ4v) is 2.49. The summed E-state index contributed by atoms with van der Waals surface area (Å²) in [5, 5.41) is 14.3. The Bertz CT molecular complexity index is 810. The fraction of sp³-hybridized carbons (Fsp3) is 0.111. The summed E-state index contributed by atoms with van der Waals surface area (Å²) in [5.41, 5.74) is 2.18. The molecule has 0 saturated heterocycles. The van der Waals surface area contributed by atoms with Crippen LogP contribution in [0.3, 0.4) is 0 Å². The number of carbonyl (C=O) groups is 1. The van der Waals surface area contributed by atoms with Gasteiger partial charge in [-0.05, 0) is 22.4 Å². The van der Waals surface area contributed by atoms with Gasteiger partial charge in [-0.15, -0.1) is 0 Å². The average Bonchev–Trinajstić information content (AvgIpc) is 2.55. The zero-order chi connectivity index (χ0) is 15.4. The summed E-state index contributed by atoms with van der Waals surface area (Å²) in [6, 6.07) is 15.6. The van der Waals surface area contributed by atoms with E-state index in [0.717, 1.165) is 16.3 Å². The quantitative estimate of drug-likeness (QED) is 0.777. The Morgan fingerprint density at radius 2 is 1.86 bits per heavy atom. The van der Waals surface area contributed by atoms with E-state index in [2.05, 4.69) is 10.3 Å². The molecule has 0 saturated carbocycles. The predicted octanol–water partition coefficient (Wildman–Crippen LogP) is 2.91. The summed E-state index contributed by atoms with van der Waals surface area (Å²) in [4.78, 5) is 16.3. The highest BCUT2D eigenvalue weighted by Gasteiger charge is 2.09. The van der Waals surface area contributed by atoms with E-state index >= 15 is 0 Å². The van der Waals surface area contributed by atoms with E-state index in [0.29, 0.717) is 11.3 Å². The van der Waals surface area contributed by atoms with Crippen molar-refractivity contribution in [3.05, 3.63) is 72.1 Å². The second kappa shape index (κ2) is 6.37. The minimum Gasteiger partial charge on any atom is -0.392 e. The SMILES string of the molecule is O=C(Cc1cccc2ccccc12)Nc1cnccc1CO. The number of nitrogens with one attached hydrogen (secondary N) is 1. The number of hydrogen-bond donors (Lipinski definition) is 2. The maximum Gasteiger partial charge on any atom is 0.228 e. The van der Waals surface area contributed by atoms with Gasteiger partial charge in [0.05, 0.1) is 24.9 Å². The van der Waals surface area contributed by atoms with Gasteiger partial charge >= 0.3 is 0 Å². The molecular weight excluding hydrogens is 276 g/mol. The number of hydrogen-bond acceptors (Lipinski definition) is 3. The number of pyridine rings is 1. The monoisotopic (exact) mass is 292 g/mol. The first-order valence-electron chi connectivity index (χ1n) is 7.08. The number of anilines is 1. The van der Waals surface area contributed by atoms with Gasteiger partial charge in [0.15, 0.2) is 0 Å². The van der Waals surface area contributed by atoms with Gasteiger partial charge in [-0.2, -0.15) is 0 Å². The third kappa shape index (κ3) is 2.97. The zero-order valence-electron chi connectivity index (χ0n) is 12.0. The lowest BCUT2D eigenvalue weighted by molar-refractivity contribution is -0.115. The minimum absolute atomic E-state index is 0.126. The van der Waals surface area contributed by atoms with Crippen molar-refractivity contribution in [2.45, 2.75) is 13.0 Å². The van der Waals surface area contributed by atoms with Crippen LogP contribution in [0.1, 0.15) is 11.1 Å². The normalized spacial score (nSPS) is 10.6. The van der Waals surface area contributed by atoms with Crippen LogP contribution >= 0.6 is 0 Å². The lowest BCUT2D eigenvalue weighted by atomic mass is 10.0. The topological polar surface area (TPSA) is 62.2 Å². The molecule has 1 heterocycles. The van der Waals surface area contributed by atoms with Crippen molar-refractivity contribution in [3.63, 3.8) is 0 Å². The molecule has 3 aromatic rings. The number of nitrogens with zero attached hydrogens (tertiary/aromatic N) is 1. The Labute approximate surface area is 128 Å². The average molecular weight is 292 g/mol. The number of carbonyl (C=O) groups excluding carboxylic acids is 1. The van der Waals surface area contributed by atoms with E-state index in [-0.39, 0.29) is 18.9 Å². The maximum absolute atomic E-state index is 12.3. The molecule has 0 atom stereocenters. The van der Waals surface area contributed by atoms with Gasteiger partial charge in [0.25, 0.3) is 0 Å². The number of amides is 1. The lowest BCUT2D eigenvalue weighted by Crippen LogP contribution is -2.16. The van der Waals surface area contributed by atoms with Crippen molar-refractivity contribution < 1.29 is 9.90 Å². The van der Waals surface area contributed by atoms with E-state index in [4.69, 9.17) is 0 Å². The molecule has 0 aliphatic rings. The molecule has 4 nitrogen and oxygen atoms in total. The van der Waals surface area contributed by atoms with E-state index in [9.17, 15) is 9.90 Å². The zero-order valence-corrected chi connectivity index (χ0v) is 12.0. The fourth-order valence-electron chi connectivity index (χ4n) is 2.49. The molecule has 1 aromatic heterocycles. The van der Waals surface area contributed by atoms with Gasteiger partial charge < -0.3 is 10.4 Å². The van der Waals surface area contributed by atoms with E-state index in [1.165, 1.54) is 0 Å². The predicted molar refractivity (Wildman–Crippen MR) is 86.4 cm³/mol. The first-order valence-corrected chi connectivity index (χ1v) is 7.08. The van der Waals surface area contributed by atoms with Crippen LogP contribution in [0.4, 0.5) is 5.69 Å². The lowest BCUT2D eigenvalue weighted by Gasteiger charge is -2.10. The Morgan fingerprint density at radius 3 is 2.73 bits per heavy atom. The first-order chi connectivity index (χ1) is 10.8. The summed E-state index contributed by atoms with van der Waals surface area (Å²) in [7, 11) is 0. The van der Waals surface area contributed by atoms with Crippen LogP contribution in [0, 0.1) is 0 Å². The molecule has 2 aromatic carbocycles. The van der Waals surface area contributed by atoms with Gasteiger partial charge in [0.1, 0.15) is 0 Å². The molecule has 0 aliphatic carbocycles. The smallest absolute Gasteiger partial charge is 0.228 e. The largest absolute Gasteiger partial charge is 0.392 e. The van der Waals surface area contributed by atoms with Gasteiger partial charge in [0, 0.05) is 11.8 Å². The summed E-state index contributed by atoms with van der Waals surface area (Å²) in [6.07, 6.45) is 3.42. The highest BCUT2D eigenvalue weighted by molar-refractivity contribution is 5.96. The third-order valence-electron chi connectivity index (χ3n) is 3.59. The van der Waals surface area contributed by atoms with Crippen LogP contribution in [0.5, 0.6) is 0 Å². The van der Waals surface area contributed by atoms with Gasteiger partial charge in [0.2, 0.25) is 5.91 Å². The van der Waals surface area contributed by atoms with E-state index in [1.807, 2.05) is 42.5 Å². The maximum atomic E-state index is 12.3. The summed E-state index contributed by atoms with van der Waals surface area (Å²) in [6.45, 7) is -0.133.